The second kappa shape index (κ2) is 9.54. The summed E-state index contributed by atoms with van der Waals surface area (Å²) in [4.78, 5) is 9.37. The molecule has 34 heavy (non-hydrogen) atoms. The lowest BCUT2D eigenvalue weighted by Gasteiger charge is -2.36. The van der Waals surface area contributed by atoms with Crippen LogP contribution in [-0.4, -0.2) is 43.1 Å². The van der Waals surface area contributed by atoms with Gasteiger partial charge in [-0.3, -0.25) is 4.98 Å². The van der Waals surface area contributed by atoms with Crippen LogP contribution < -0.4 is 10.2 Å². The monoisotopic (exact) mass is 447 g/mol. The van der Waals surface area contributed by atoms with Crippen LogP contribution in [-0.2, 0) is 0 Å². The molecule has 1 saturated heterocycles. The SMILES string of the molecule is CN(C)C1CCN(c2ccc(Nc3ccnc4ccc(-c5ccc(C#N)cc5)cc34)cc2)CC1. The van der Waals surface area contributed by atoms with Gasteiger partial charge in [-0.15, -0.1) is 0 Å². The predicted octanol–water partition coefficient (Wildman–Crippen LogP) is 6.05. The van der Waals surface area contributed by atoms with Crippen molar-refractivity contribution in [3.8, 4) is 17.2 Å². The Balaban J connectivity index is 1.35. The molecule has 0 spiro atoms. The minimum absolute atomic E-state index is 0.666. The van der Waals surface area contributed by atoms with E-state index in [1.165, 1.54) is 18.5 Å². The van der Waals surface area contributed by atoms with Crippen molar-refractivity contribution in [2.45, 2.75) is 18.9 Å². The summed E-state index contributed by atoms with van der Waals surface area (Å²) in [6.45, 7) is 2.20. The van der Waals surface area contributed by atoms with Gasteiger partial charge in [-0.05, 0) is 92.7 Å². The van der Waals surface area contributed by atoms with Crippen LogP contribution in [0.4, 0.5) is 17.1 Å². The van der Waals surface area contributed by atoms with Crippen molar-refractivity contribution < 1.29 is 0 Å². The second-order valence-corrected chi connectivity index (χ2v) is 9.13. The summed E-state index contributed by atoms with van der Waals surface area (Å²) < 4.78 is 0. The first kappa shape index (κ1) is 21.9. The third-order valence-corrected chi connectivity index (χ3v) is 6.80. The first-order valence-corrected chi connectivity index (χ1v) is 11.8. The lowest BCUT2D eigenvalue weighted by molar-refractivity contribution is 0.249. The molecule has 0 atom stereocenters. The van der Waals surface area contributed by atoms with Crippen molar-refractivity contribution in [1.29, 1.82) is 5.26 Å². The number of nitriles is 1. The minimum Gasteiger partial charge on any atom is -0.371 e. The van der Waals surface area contributed by atoms with E-state index < -0.39 is 0 Å². The molecule has 0 unspecified atom stereocenters. The van der Waals surface area contributed by atoms with E-state index in [1.807, 2.05) is 36.5 Å². The summed E-state index contributed by atoms with van der Waals surface area (Å²) in [6, 6.07) is 27.6. The number of aromatic nitrogens is 1. The molecule has 2 heterocycles. The molecule has 0 aliphatic carbocycles. The molecular formula is C29H29N5. The third-order valence-electron chi connectivity index (χ3n) is 6.80. The van der Waals surface area contributed by atoms with Crippen molar-refractivity contribution in [3.63, 3.8) is 0 Å². The molecule has 3 aromatic carbocycles. The fourth-order valence-corrected chi connectivity index (χ4v) is 4.72. The molecule has 0 saturated carbocycles. The Morgan fingerprint density at radius 1 is 0.912 bits per heavy atom. The van der Waals surface area contributed by atoms with Crippen LogP contribution in [0.3, 0.4) is 0 Å². The second-order valence-electron chi connectivity index (χ2n) is 9.13. The fraction of sp³-hybridized carbons (Fsp3) is 0.241. The van der Waals surface area contributed by atoms with Crippen molar-refractivity contribution in [3.05, 3.63) is 84.6 Å². The number of anilines is 3. The van der Waals surface area contributed by atoms with Gasteiger partial charge in [-0.25, -0.2) is 0 Å². The highest BCUT2D eigenvalue weighted by atomic mass is 15.2. The van der Waals surface area contributed by atoms with Crippen LogP contribution in [0.5, 0.6) is 0 Å². The molecule has 5 rings (SSSR count). The summed E-state index contributed by atoms with van der Waals surface area (Å²) in [5, 5.41) is 13.7. The highest BCUT2D eigenvalue weighted by Crippen LogP contribution is 2.31. The summed E-state index contributed by atoms with van der Waals surface area (Å²) in [7, 11) is 4.36. The number of pyridine rings is 1. The lowest BCUT2D eigenvalue weighted by Crippen LogP contribution is -2.41. The summed E-state index contributed by atoms with van der Waals surface area (Å²) >= 11 is 0. The van der Waals surface area contributed by atoms with E-state index >= 15 is 0 Å². The predicted molar refractivity (Wildman–Crippen MR) is 141 cm³/mol. The van der Waals surface area contributed by atoms with Gasteiger partial charge in [0.15, 0.2) is 0 Å². The maximum absolute atomic E-state index is 9.07. The topological polar surface area (TPSA) is 55.2 Å². The molecule has 1 N–H and O–H groups in total. The van der Waals surface area contributed by atoms with E-state index in [0.717, 1.165) is 46.5 Å². The van der Waals surface area contributed by atoms with Crippen LogP contribution in [0, 0.1) is 11.3 Å². The zero-order valence-corrected chi connectivity index (χ0v) is 19.7. The van der Waals surface area contributed by atoms with Crippen LogP contribution >= 0.6 is 0 Å². The first-order valence-electron chi connectivity index (χ1n) is 11.8. The quantitative estimate of drug-likeness (QED) is 0.404. The smallest absolute Gasteiger partial charge is 0.0991 e. The van der Waals surface area contributed by atoms with Crippen molar-refractivity contribution in [1.82, 2.24) is 9.88 Å². The van der Waals surface area contributed by atoms with E-state index in [9.17, 15) is 0 Å². The zero-order valence-electron chi connectivity index (χ0n) is 19.7. The number of hydrogen-bond acceptors (Lipinski definition) is 5. The molecule has 5 nitrogen and oxygen atoms in total. The molecule has 0 amide bonds. The van der Waals surface area contributed by atoms with Crippen molar-refractivity contribution >= 4 is 28.0 Å². The Morgan fingerprint density at radius 3 is 2.29 bits per heavy atom. The number of nitrogens with zero attached hydrogens (tertiary/aromatic N) is 4. The molecule has 1 aliphatic heterocycles. The summed E-state index contributed by atoms with van der Waals surface area (Å²) in [5.74, 6) is 0. The van der Waals surface area contributed by atoms with E-state index in [4.69, 9.17) is 5.26 Å². The summed E-state index contributed by atoms with van der Waals surface area (Å²) in [6.07, 6.45) is 4.25. The number of fused-ring (bicyclic) bond motifs is 1. The Hall–Kier alpha value is -3.88. The number of rotatable bonds is 5. The number of hydrogen-bond donors (Lipinski definition) is 1. The molecule has 1 aromatic heterocycles. The van der Waals surface area contributed by atoms with E-state index in [1.54, 1.807) is 0 Å². The maximum atomic E-state index is 9.07. The van der Waals surface area contributed by atoms with Crippen molar-refractivity contribution in [2.75, 3.05) is 37.4 Å². The van der Waals surface area contributed by atoms with E-state index in [2.05, 4.69) is 82.7 Å². The third kappa shape index (κ3) is 4.59. The molecule has 1 aliphatic rings. The number of nitrogens with one attached hydrogen (secondary N) is 1. The van der Waals surface area contributed by atoms with Gasteiger partial charge in [-0.2, -0.15) is 5.26 Å². The van der Waals surface area contributed by atoms with Gasteiger partial charge in [0, 0.05) is 47.8 Å². The van der Waals surface area contributed by atoms with Crippen LogP contribution in [0.1, 0.15) is 18.4 Å². The average Bonchev–Trinajstić information content (AvgIpc) is 2.89. The van der Waals surface area contributed by atoms with Gasteiger partial charge in [0.2, 0.25) is 0 Å². The standard InChI is InChI=1S/C29H29N5/c1-33(2)25-14-17-34(18-15-25)26-10-8-24(9-11-26)32-29-13-16-31-28-12-7-23(19-27(28)29)22-5-3-21(20-30)4-6-22/h3-13,16,19,25H,14-15,17-18H2,1-2H3,(H,31,32). The van der Waals surface area contributed by atoms with Gasteiger partial charge in [-0.1, -0.05) is 18.2 Å². The van der Waals surface area contributed by atoms with Gasteiger partial charge in [0.1, 0.15) is 0 Å². The zero-order chi connectivity index (χ0) is 23.5. The van der Waals surface area contributed by atoms with E-state index in [-0.39, 0.29) is 0 Å². The lowest BCUT2D eigenvalue weighted by atomic mass is 10.0. The number of benzene rings is 3. The van der Waals surface area contributed by atoms with Crippen LogP contribution in [0.25, 0.3) is 22.0 Å². The van der Waals surface area contributed by atoms with Gasteiger partial charge in [0.25, 0.3) is 0 Å². The van der Waals surface area contributed by atoms with Crippen LogP contribution in [0.2, 0.25) is 0 Å². The highest BCUT2D eigenvalue weighted by Gasteiger charge is 2.20. The average molecular weight is 448 g/mol. The Bertz CT molecular complexity index is 1310. The molecule has 170 valence electrons. The van der Waals surface area contributed by atoms with Gasteiger partial charge in [0.05, 0.1) is 17.1 Å². The molecule has 1 fully saturated rings. The largest absolute Gasteiger partial charge is 0.371 e. The van der Waals surface area contributed by atoms with Crippen molar-refractivity contribution in [2.24, 2.45) is 0 Å². The molecular weight excluding hydrogens is 418 g/mol. The van der Waals surface area contributed by atoms with Gasteiger partial charge < -0.3 is 15.1 Å². The Kier molecular flexibility index (Phi) is 6.16. The Morgan fingerprint density at radius 2 is 1.62 bits per heavy atom. The highest BCUT2D eigenvalue weighted by molar-refractivity contribution is 5.95. The first-order chi connectivity index (χ1) is 16.6. The van der Waals surface area contributed by atoms with Gasteiger partial charge >= 0.3 is 0 Å². The molecule has 0 bridgehead atoms. The van der Waals surface area contributed by atoms with Crippen LogP contribution in [0.15, 0.2) is 79.0 Å². The molecule has 0 radical (unpaired) electrons. The molecule has 4 aromatic rings. The number of piperidine rings is 1. The molecule has 5 heteroatoms. The normalized spacial score (nSPS) is 14.4. The van der Waals surface area contributed by atoms with E-state index in [0.29, 0.717) is 11.6 Å². The Labute approximate surface area is 201 Å². The minimum atomic E-state index is 0.666. The summed E-state index contributed by atoms with van der Waals surface area (Å²) in [5.41, 5.74) is 7.16. The fourth-order valence-electron chi connectivity index (χ4n) is 4.72. The maximum Gasteiger partial charge on any atom is 0.0991 e.